The second-order valence-corrected chi connectivity index (χ2v) is 6.01. The number of nitrogens with two attached hydrogens (primary N) is 1. The van der Waals surface area contributed by atoms with E-state index in [9.17, 15) is 0 Å². The lowest BCUT2D eigenvalue weighted by molar-refractivity contribution is 0.347. The number of hydrogen-bond donors (Lipinski definition) is 1. The molecule has 0 aromatic carbocycles. The van der Waals surface area contributed by atoms with Crippen molar-refractivity contribution in [3.05, 3.63) is 12.4 Å². The summed E-state index contributed by atoms with van der Waals surface area (Å²) in [5.41, 5.74) is 5.95. The fourth-order valence-corrected chi connectivity index (χ4v) is 3.68. The van der Waals surface area contributed by atoms with Gasteiger partial charge in [0, 0.05) is 37.6 Å². The summed E-state index contributed by atoms with van der Waals surface area (Å²) in [6.07, 6.45) is 14.7. The Labute approximate surface area is 116 Å². The summed E-state index contributed by atoms with van der Waals surface area (Å²) in [6, 6.07) is 1.14. The Bertz CT molecular complexity index is 395. The van der Waals surface area contributed by atoms with E-state index in [1.807, 2.05) is 6.20 Å². The molecule has 2 N–H and O–H groups in total. The van der Waals surface area contributed by atoms with Crippen molar-refractivity contribution in [3.63, 3.8) is 0 Å². The van der Waals surface area contributed by atoms with Crippen molar-refractivity contribution in [2.45, 2.75) is 63.5 Å². The zero-order valence-corrected chi connectivity index (χ0v) is 11.8. The molecule has 19 heavy (non-hydrogen) atoms. The number of nitrogens with zero attached hydrogens (tertiary/aromatic N) is 3. The Kier molecular flexibility index (Phi) is 4.06. The molecule has 1 aromatic heterocycles. The first-order valence-electron chi connectivity index (χ1n) is 7.89. The zero-order chi connectivity index (χ0) is 13.1. The summed E-state index contributed by atoms with van der Waals surface area (Å²) in [6.45, 7) is 1.86. The maximum absolute atomic E-state index is 5.95. The molecule has 0 radical (unpaired) electrons. The van der Waals surface area contributed by atoms with Crippen LogP contribution in [-0.4, -0.2) is 28.7 Å². The molecule has 1 aliphatic heterocycles. The second kappa shape index (κ2) is 5.95. The van der Waals surface area contributed by atoms with Gasteiger partial charge in [-0.2, -0.15) is 0 Å². The van der Waals surface area contributed by atoms with E-state index in [1.165, 1.54) is 57.3 Å². The smallest absolute Gasteiger partial charge is 0.205 e. The first-order chi connectivity index (χ1) is 9.40. The van der Waals surface area contributed by atoms with Crippen LogP contribution in [0.15, 0.2) is 12.4 Å². The van der Waals surface area contributed by atoms with Gasteiger partial charge in [-0.05, 0) is 32.1 Å². The van der Waals surface area contributed by atoms with Crippen molar-refractivity contribution in [3.8, 4) is 0 Å². The fraction of sp³-hybridized carbons (Fsp3) is 0.800. The molecule has 1 unspecified atom stereocenters. The molecule has 106 valence electrons. The quantitative estimate of drug-likeness (QED) is 0.911. The molecule has 0 bridgehead atoms. The van der Waals surface area contributed by atoms with Crippen LogP contribution in [0.25, 0.3) is 0 Å². The van der Waals surface area contributed by atoms with Gasteiger partial charge in [-0.15, -0.1) is 0 Å². The third-order valence-corrected chi connectivity index (χ3v) is 4.77. The predicted octanol–water partition coefficient (Wildman–Crippen LogP) is 2.71. The molecule has 1 aromatic rings. The molecule has 1 saturated carbocycles. The van der Waals surface area contributed by atoms with Gasteiger partial charge >= 0.3 is 0 Å². The van der Waals surface area contributed by atoms with Crippen LogP contribution in [0.3, 0.4) is 0 Å². The zero-order valence-electron chi connectivity index (χ0n) is 11.8. The Morgan fingerprint density at radius 2 is 1.89 bits per heavy atom. The summed E-state index contributed by atoms with van der Waals surface area (Å²) in [7, 11) is 0. The lowest BCUT2D eigenvalue weighted by Gasteiger charge is -2.37. The van der Waals surface area contributed by atoms with E-state index in [1.54, 1.807) is 0 Å². The van der Waals surface area contributed by atoms with Crippen LogP contribution in [0.5, 0.6) is 0 Å². The molecule has 1 aliphatic carbocycles. The van der Waals surface area contributed by atoms with Crippen molar-refractivity contribution in [1.29, 1.82) is 0 Å². The van der Waals surface area contributed by atoms with Crippen LogP contribution in [0.1, 0.15) is 57.4 Å². The Balaban J connectivity index is 1.81. The average molecular weight is 262 g/mol. The van der Waals surface area contributed by atoms with Crippen molar-refractivity contribution in [1.82, 2.24) is 9.55 Å². The molecule has 1 atom stereocenters. The number of hydrogen-bond acceptors (Lipinski definition) is 3. The van der Waals surface area contributed by atoms with Gasteiger partial charge in [-0.1, -0.05) is 19.3 Å². The van der Waals surface area contributed by atoms with Crippen LogP contribution in [0, 0.1) is 0 Å². The van der Waals surface area contributed by atoms with Crippen molar-refractivity contribution in [2.75, 3.05) is 18.0 Å². The monoisotopic (exact) mass is 262 g/mol. The second-order valence-electron chi connectivity index (χ2n) is 6.01. The molecule has 2 fully saturated rings. The lowest BCUT2D eigenvalue weighted by Crippen LogP contribution is -2.45. The van der Waals surface area contributed by atoms with E-state index < -0.39 is 0 Å². The van der Waals surface area contributed by atoms with E-state index in [0.717, 1.165) is 13.1 Å². The maximum atomic E-state index is 5.95. The topological polar surface area (TPSA) is 47.1 Å². The summed E-state index contributed by atoms with van der Waals surface area (Å²) in [4.78, 5) is 7.10. The SMILES string of the molecule is NCC1CCCCN1c1nccn1C1CCCCC1. The summed E-state index contributed by atoms with van der Waals surface area (Å²) < 4.78 is 2.42. The minimum absolute atomic E-state index is 0.485. The molecule has 1 saturated heterocycles. The van der Waals surface area contributed by atoms with Crippen LogP contribution in [-0.2, 0) is 0 Å². The highest BCUT2D eigenvalue weighted by atomic mass is 15.3. The van der Waals surface area contributed by atoms with Gasteiger partial charge in [-0.3, -0.25) is 0 Å². The molecule has 0 amide bonds. The first-order valence-corrected chi connectivity index (χ1v) is 7.89. The van der Waals surface area contributed by atoms with Gasteiger partial charge in [-0.25, -0.2) is 4.98 Å². The highest BCUT2D eigenvalue weighted by molar-refractivity contribution is 5.35. The van der Waals surface area contributed by atoms with Crippen LogP contribution in [0.4, 0.5) is 5.95 Å². The number of imidazole rings is 1. The maximum Gasteiger partial charge on any atom is 0.205 e. The molecular formula is C15H26N4. The van der Waals surface area contributed by atoms with Crippen LogP contribution >= 0.6 is 0 Å². The average Bonchev–Trinajstić information content (AvgIpc) is 2.97. The van der Waals surface area contributed by atoms with E-state index in [4.69, 9.17) is 5.73 Å². The first kappa shape index (κ1) is 13.0. The molecule has 4 nitrogen and oxygen atoms in total. The van der Waals surface area contributed by atoms with E-state index >= 15 is 0 Å². The van der Waals surface area contributed by atoms with Crippen LogP contribution < -0.4 is 10.6 Å². The number of piperidine rings is 1. The standard InChI is InChI=1S/C15H26N4/c16-12-14-8-4-5-10-18(14)15-17-9-11-19(15)13-6-2-1-3-7-13/h9,11,13-14H,1-8,10,12,16H2. The van der Waals surface area contributed by atoms with Gasteiger partial charge in [0.25, 0.3) is 0 Å². The van der Waals surface area contributed by atoms with Gasteiger partial charge < -0.3 is 15.2 Å². The third-order valence-electron chi connectivity index (χ3n) is 4.77. The molecule has 3 rings (SSSR count). The normalized spacial score (nSPS) is 25.7. The Morgan fingerprint density at radius 1 is 1.11 bits per heavy atom. The highest BCUT2D eigenvalue weighted by Gasteiger charge is 2.27. The van der Waals surface area contributed by atoms with Crippen molar-refractivity contribution < 1.29 is 0 Å². The van der Waals surface area contributed by atoms with E-state index in [-0.39, 0.29) is 0 Å². The third kappa shape index (κ3) is 2.64. The van der Waals surface area contributed by atoms with Crippen molar-refractivity contribution in [2.24, 2.45) is 5.73 Å². The highest BCUT2D eigenvalue weighted by Crippen LogP contribution is 2.32. The lowest BCUT2D eigenvalue weighted by atomic mass is 9.95. The molecule has 2 aliphatic rings. The molecule has 2 heterocycles. The predicted molar refractivity (Wildman–Crippen MR) is 78.4 cm³/mol. The van der Waals surface area contributed by atoms with Crippen LogP contribution in [0.2, 0.25) is 0 Å². The van der Waals surface area contributed by atoms with Gasteiger partial charge in [0.15, 0.2) is 0 Å². The summed E-state index contributed by atoms with van der Waals surface area (Å²) in [5, 5.41) is 0. The summed E-state index contributed by atoms with van der Waals surface area (Å²) >= 11 is 0. The minimum Gasteiger partial charge on any atom is -0.338 e. The van der Waals surface area contributed by atoms with E-state index in [0.29, 0.717) is 12.1 Å². The fourth-order valence-electron chi connectivity index (χ4n) is 3.68. The number of anilines is 1. The number of aromatic nitrogens is 2. The van der Waals surface area contributed by atoms with Gasteiger partial charge in [0.05, 0.1) is 0 Å². The largest absolute Gasteiger partial charge is 0.338 e. The molecule has 0 spiro atoms. The van der Waals surface area contributed by atoms with Gasteiger partial charge in [0.1, 0.15) is 0 Å². The summed E-state index contributed by atoms with van der Waals surface area (Å²) in [5.74, 6) is 1.17. The Morgan fingerprint density at radius 3 is 2.68 bits per heavy atom. The Hall–Kier alpha value is -1.03. The molecular weight excluding hydrogens is 236 g/mol. The minimum atomic E-state index is 0.485. The van der Waals surface area contributed by atoms with Gasteiger partial charge in [0.2, 0.25) is 5.95 Å². The van der Waals surface area contributed by atoms with E-state index in [2.05, 4.69) is 20.6 Å². The van der Waals surface area contributed by atoms with Crippen molar-refractivity contribution >= 4 is 5.95 Å². The molecule has 4 heteroatoms. The number of rotatable bonds is 3.